The molecule has 0 amide bonds. The summed E-state index contributed by atoms with van der Waals surface area (Å²) in [7, 11) is 0. The third kappa shape index (κ3) is 3.49. The Bertz CT molecular complexity index is 215. The molecule has 74 valence electrons. The van der Waals surface area contributed by atoms with Crippen LogP contribution in [-0.4, -0.2) is 17.6 Å². The summed E-state index contributed by atoms with van der Waals surface area (Å²) in [5.74, 6) is -0.156. The predicted molar refractivity (Wildman–Crippen MR) is 51.1 cm³/mol. The Hall–Kier alpha value is -0.990. The van der Waals surface area contributed by atoms with Crippen molar-refractivity contribution in [2.24, 2.45) is 0 Å². The van der Waals surface area contributed by atoms with Crippen molar-refractivity contribution in [2.75, 3.05) is 0 Å². The summed E-state index contributed by atoms with van der Waals surface area (Å²) in [4.78, 5) is 11.5. The van der Waals surface area contributed by atoms with E-state index in [1.165, 1.54) is 0 Å². The molecule has 13 heavy (non-hydrogen) atoms. The quantitative estimate of drug-likeness (QED) is 0.627. The van der Waals surface area contributed by atoms with Crippen LogP contribution in [0.3, 0.4) is 0 Å². The molecular weight excluding hydrogens is 166 g/mol. The van der Waals surface area contributed by atoms with Gasteiger partial charge in [-0.2, -0.15) is 0 Å². The fourth-order valence-corrected chi connectivity index (χ4v) is 1.17. The first kappa shape index (κ1) is 10.1. The molecule has 0 aromatic heterocycles. The van der Waals surface area contributed by atoms with Crippen LogP contribution in [0.2, 0.25) is 0 Å². The summed E-state index contributed by atoms with van der Waals surface area (Å²) in [6.45, 7) is 5.64. The average molecular weight is 183 g/mol. The molecule has 1 rings (SSSR count). The molecule has 0 saturated heterocycles. The monoisotopic (exact) mass is 183 g/mol. The van der Waals surface area contributed by atoms with Crippen LogP contribution < -0.4 is 5.32 Å². The van der Waals surface area contributed by atoms with E-state index in [9.17, 15) is 4.79 Å². The molecule has 3 heteroatoms. The summed E-state index contributed by atoms with van der Waals surface area (Å²) in [6, 6.07) is -0.163. The van der Waals surface area contributed by atoms with E-state index in [-0.39, 0.29) is 17.6 Å². The number of ether oxygens (including phenoxy) is 1. The second-order valence-electron chi connectivity index (χ2n) is 4.23. The van der Waals surface area contributed by atoms with Crippen molar-refractivity contribution in [1.82, 2.24) is 5.32 Å². The molecule has 0 aromatic carbocycles. The second-order valence-corrected chi connectivity index (χ2v) is 4.23. The Morgan fingerprint density at radius 3 is 2.69 bits per heavy atom. The highest BCUT2D eigenvalue weighted by atomic mass is 16.6. The summed E-state index contributed by atoms with van der Waals surface area (Å²) < 4.78 is 5.24. The van der Waals surface area contributed by atoms with Gasteiger partial charge >= 0.3 is 5.97 Å². The Balaban J connectivity index is 2.43. The molecule has 1 aliphatic heterocycles. The Labute approximate surface area is 79.2 Å². The lowest BCUT2D eigenvalue weighted by Crippen LogP contribution is -2.40. The third-order valence-electron chi connectivity index (χ3n) is 1.73. The lowest BCUT2D eigenvalue weighted by atomic mass is 10.1. The summed E-state index contributed by atoms with van der Waals surface area (Å²) in [5, 5.41) is 2.99. The van der Waals surface area contributed by atoms with Crippen LogP contribution in [-0.2, 0) is 9.53 Å². The lowest BCUT2D eigenvalue weighted by molar-refractivity contribution is -0.157. The summed E-state index contributed by atoms with van der Waals surface area (Å²) in [6.07, 6.45) is 5.60. The number of hydrogen-bond donors (Lipinski definition) is 1. The van der Waals surface area contributed by atoms with Crippen LogP contribution in [0.5, 0.6) is 0 Å². The molecule has 1 unspecified atom stereocenters. The van der Waals surface area contributed by atoms with Gasteiger partial charge in [-0.25, -0.2) is 4.79 Å². The minimum Gasteiger partial charge on any atom is -0.458 e. The second kappa shape index (κ2) is 3.81. The van der Waals surface area contributed by atoms with Gasteiger partial charge in [-0.3, -0.25) is 0 Å². The maximum absolute atomic E-state index is 11.5. The molecule has 0 saturated carbocycles. The fraction of sp³-hybridized carbons (Fsp3) is 0.700. The lowest BCUT2D eigenvalue weighted by Gasteiger charge is -2.25. The molecule has 1 heterocycles. The largest absolute Gasteiger partial charge is 0.458 e. The SMILES string of the molecule is CC(C)(C)OC(=O)C1CCC=CN1. The van der Waals surface area contributed by atoms with Crippen molar-refractivity contribution in [3.8, 4) is 0 Å². The van der Waals surface area contributed by atoms with Gasteiger partial charge in [0.2, 0.25) is 0 Å². The fourth-order valence-electron chi connectivity index (χ4n) is 1.17. The van der Waals surface area contributed by atoms with Gasteiger partial charge in [0.15, 0.2) is 0 Å². The Kier molecular flexibility index (Phi) is 2.96. The minimum atomic E-state index is -0.389. The Morgan fingerprint density at radius 2 is 2.23 bits per heavy atom. The number of hydrogen-bond acceptors (Lipinski definition) is 3. The smallest absolute Gasteiger partial charge is 0.329 e. The molecule has 1 aliphatic rings. The molecular formula is C10H17NO2. The first-order valence-corrected chi connectivity index (χ1v) is 4.63. The van der Waals surface area contributed by atoms with Crippen molar-refractivity contribution in [3.63, 3.8) is 0 Å². The molecule has 0 bridgehead atoms. The highest BCUT2D eigenvalue weighted by Gasteiger charge is 2.24. The number of carbonyl (C=O) groups excluding carboxylic acids is 1. The predicted octanol–water partition coefficient (Wildman–Crippen LogP) is 1.59. The van der Waals surface area contributed by atoms with Crippen LogP contribution in [0, 0.1) is 0 Å². The molecule has 0 fully saturated rings. The summed E-state index contributed by atoms with van der Waals surface area (Å²) >= 11 is 0. The first-order chi connectivity index (χ1) is 5.99. The molecule has 0 radical (unpaired) electrons. The van der Waals surface area contributed by atoms with Gasteiger partial charge < -0.3 is 10.1 Å². The number of carbonyl (C=O) groups is 1. The van der Waals surface area contributed by atoms with Gasteiger partial charge in [0.1, 0.15) is 11.6 Å². The van der Waals surface area contributed by atoms with Crippen LogP contribution in [0.15, 0.2) is 12.3 Å². The van der Waals surface area contributed by atoms with E-state index in [0.717, 1.165) is 12.8 Å². The average Bonchev–Trinajstić information content (AvgIpc) is 2.03. The van der Waals surface area contributed by atoms with E-state index in [4.69, 9.17) is 4.74 Å². The number of esters is 1. The van der Waals surface area contributed by atoms with Gasteiger partial charge in [0, 0.05) is 0 Å². The zero-order chi connectivity index (χ0) is 9.90. The highest BCUT2D eigenvalue weighted by molar-refractivity contribution is 5.76. The number of rotatable bonds is 1. The summed E-state index contributed by atoms with van der Waals surface area (Å²) in [5.41, 5.74) is -0.389. The van der Waals surface area contributed by atoms with E-state index in [0.29, 0.717) is 0 Å². The van der Waals surface area contributed by atoms with Crippen molar-refractivity contribution >= 4 is 5.97 Å². The van der Waals surface area contributed by atoms with Crippen LogP contribution in [0.25, 0.3) is 0 Å². The van der Waals surface area contributed by atoms with E-state index >= 15 is 0 Å². The van der Waals surface area contributed by atoms with Gasteiger partial charge in [-0.15, -0.1) is 0 Å². The topological polar surface area (TPSA) is 38.3 Å². The van der Waals surface area contributed by atoms with E-state index in [2.05, 4.69) is 5.32 Å². The third-order valence-corrected chi connectivity index (χ3v) is 1.73. The normalized spacial score (nSPS) is 22.2. The van der Waals surface area contributed by atoms with Crippen molar-refractivity contribution in [2.45, 2.75) is 45.3 Å². The van der Waals surface area contributed by atoms with E-state index in [1.807, 2.05) is 33.0 Å². The van der Waals surface area contributed by atoms with Crippen molar-refractivity contribution < 1.29 is 9.53 Å². The first-order valence-electron chi connectivity index (χ1n) is 4.63. The zero-order valence-electron chi connectivity index (χ0n) is 8.46. The number of allylic oxidation sites excluding steroid dienone is 1. The van der Waals surface area contributed by atoms with Crippen molar-refractivity contribution in [1.29, 1.82) is 0 Å². The molecule has 3 nitrogen and oxygen atoms in total. The molecule has 0 aliphatic carbocycles. The zero-order valence-corrected chi connectivity index (χ0v) is 8.46. The molecule has 0 spiro atoms. The van der Waals surface area contributed by atoms with Gasteiger partial charge in [0.05, 0.1) is 0 Å². The highest BCUT2D eigenvalue weighted by Crippen LogP contribution is 2.12. The minimum absolute atomic E-state index is 0.156. The van der Waals surface area contributed by atoms with Gasteiger partial charge in [-0.1, -0.05) is 6.08 Å². The standard InChI is InChI=1S/C10H17NO2/c1-10(2,3)13-9(12)8-6-4-5-7-11-8/h5,7-8,11H,4,6H2,1-3H3. The van der Waals surface area contributed by atoms with Crippen LogP contribution >= 0.6 is 0 Å². The van der Waals surface area contributed by atoms with E-state index < -0.39 is 0 Å². The molecule has 1 N–H and O–H groups in total. The Morgan fingerprint density at radius 1 is 1.54 bits per heavy atom. The maximum Gasteiger partial charge on any atom is 0.329 e. The van der Waals surface area contributed by atoms with E-state index in [1.54, 1.807) is 0 Å². The van der Waals surface area contributed by atoms with Gasteiger partial charge in [-0.05, 0) is 39.8 Å². The molecule has 1 atom stereocenters. The van der Waals surface area contributed by atoms with Crippen LogP contribution in [0.1, 0.15) is 33.6 Å². The van der Waals surface area contributed by atoms with Crippen LogP contribution in [0.4, 0.5) is 0 Å². The van der Waals surface area contributed by atoms with Crippen molar-refractivity contribution in [3.05, 3.63) is 12.3 Å². The number of nitrogens with one attached hydrogen (secondary N) is 1. The maximum atomic E-state index is 11.5. The molecule has 0 aromatic rings. The van der Waals surface area contributed by atoms with Gasteiger partial charge in [0.25, 0.3) is 0 Å².